The smallest absolute Gasteiger partial charge is 0.232 e. The van der Waals surface area contributed by atoms with Crippen LogP contribution in [-0.2, 0) is 6.42 Å². The Kier molecular flexibility index (Phi) is 5.72. The molecule has 1 aromatic carbocycles. The van der Waals surface area contributed by atoms with Crippen LogP contribution in [0.15, 0.2) is 53.8 Å². The summed E-state index contributed by atoms with van der Waals surface area (Å²) in [6.45, 7) is 4.23. The molecule has 0 unspecified atom stereocenters. The third-order valence-corrected chi connectivity index (χ3v) is 5.79. The first-order valence-corrected chi connectivity index (χ1v) is 10.6. The van der Waals surface area contributed by atoms with Gasteiger partial charge in [-0.3, -0.25) is 9.55 Å². The fraction of sp³-hybridized carbons (Fsp3) is 0.381. The Morgan fingerprint density at radius 3 is 2.52 bits per heavy atom. The summed E-state index contributed by atoms with van der Waals surface area (Å²) in [4.78, 5) is 6.79. The minimum atomic E-state index is 0.922. The number of hydrogen-bond acceptors (Lipinski definition) is 5. The van der Waals surface area contributed by atoms with Crippen molar-refractivity contribution in [2.24, 2.45) is 0 Å². The Balaban J connectivity index is 1.58. The fourth-order valence-electron chi connectivity index (χ4n) is 3.37. The number of aromatic nitrogens is 4. The number of thioether (sulfide) groups is 1. The van der Waals surface area contributed by atoms with Gasteiger partial charge in [0, 0.05) is 30.7 Å². The van der Waals surface area contributed by atoms with Gasteiger partial charge in [-0.05, 0) is 56.9 Å². The van der Waals surface area contributed by atoms with Gasteiger partial charge in [-0.2, -0.15) is 0 Å². The largest absolute Gasteiger partial charge is 0.341 e. The average molecular weight is 380 g/mol. The first-order valence-electron chi connectivity index (χ1n) is 9.61. The van der Waals surface area contributed by atoms with E-state index in [2.05, 4.69) is 61.9 Å². The van der Waals surface area contributed by atoms with Crippen molar-refractivity contribution in [3.05, 3.63) is 59.9 Å². The van der Waals surface area contributed by atoms with Crippen LogP contribution in [0.2, 0.25) is 0 Å². The highest BCUT2D eigenvalue weighted by atomic mass is 32.2. The Labute approximate surface area is 164 Å². The number of nitrogens with zero attached hydrogens (tertiary/aromatic N) is 5. The molecule has 3 heterocycles. The second-order valence-corrected chi connectivity index (χ2v) is 7.98. The van der Waals surface area contributed by atoms with E-state index in [1.807, 2.05) is 18.3 Å². The van der Waals surface area contributed by atoms with Crippen LogP contribution < -0.4 is 4.90 Å². The molecule has 1 aliphatic rings. The van der Waals surface area contributed by atoms with E-state index in [1.54, 1.807) is 11.8 Å². The minimum Gasteiger partial charge on any atom is -0.341 e. The maximum atomic E-state index is 4.57. The van der Waals surface area contributed by atoms with Crippen LogP contribution in [0, 0.1) is 6.92 Å². The molecule has 0 radical (unpaired) electrons. The molecular weight excluding hydrogens is 354 g/mol. The molecule has 2 aromatic heterocycles. The summed E-state index contributed by atoms with van der Waals surface area (Å²) in [6.07, 6.45) is 6.53. The van der Waals surface area contributed by atoms with Crippen molar-refractivity contribution >= 4 is 17.7 Å². The maximum absolute atomic E-state index is 4.57. The van der Waals surface area contributed by atoms with Gasteiger partial charge in [-0.1, -0.05) is 35.5 Å². The molecule has 1 fully saturated rings. The average Bonchev–Trinajstić information content (AvgIpc) is 3.14. The molecule has 140 valence electrons. The van der Waals surface area contributed by atoms with Gasteiger partial charge in [0.1, 0.15) is 0 Å². The zero-order chi connectivity index (χ0) is 18.5. The van der Waals surface area contributed by atoms with E-state index in [0.29, 0.717) is 0 Å². The molecule has 1 aliphatic heterocycles. The van der Waals surface area contributed by atoms with Crippen molar-refractivity contribution < 1.29 is 0 Å². The van der Waals surface area contributed by atoms with Gasteiger partial charge >= 0.3 is 0 Å². The Morgan fingerprint density at radius 1 is 0.963 bits per heavy atom. The van der Waals surface area contributed by atoms with E-state index in [0.717, 1.165) is 47.7 Å². The monoisotopic (exact) mass is 379 g/mol. The first kappa shape index (κ1) is 18.0. The SMILES string of the molecule is Cc1ccc(-n2c(SCCc3ccccn3)nnc2N2CCCCC2)cc1. The van der Waals surface area contributed by atoms with Crippen molar-refractivity contribution in [3.63, 3.8) is 0 Å². The Bertz CT molecular complexity index is 854. The van der Waals surface area contributed by atoms with Crippen molar-refractivity contribution in [1.82, 2.24) is 19.7 Å². The van der Waals surface area contributed by atoms with Crippen molar-refractivity contribution in [1.29, 1.82) is 0 Å². The van der Waals surface area contributed by atoms with E-state index in [4.69, 9.17) is 0 Å². The lowest BCUT2D eigenvalue weighted by molar-refractivity contribution is 0.564. The summed E-state index contributed by atoms with van der Waals surface area (Å²) >= 11 is 1.75. The zero-order valence-corrected chi connectivity index (χ0v) is 16.5. The molecule has 1 saturated heterocycles. The van der Waals surface area contributed by atoms with E-state index < -0.39 is 0 Å². The van der Waals surface area contributed by atoms with Crippen LogP contribution in [0.4, 0.5) is 5.95 Å². The molecule has 3 aromatic rings. The molecule has 0 saturated carbocycles. The van der Waals surface area contributed by atoms with Gasteiger partial charge in [0.2, 0.25) is 5.95 Å². The number of pyridine rings is 1. The lowest BCUT2D eigenvalue weighted by Gasteiger charge is -2.27. The van der Waals surface area contributed by atoms with Crippen LogP contribution in [0.5, 0.6) is 0 Å². The highest BCUT2D eigenvalue weighted by Crippen LogP contribution is 2.28. The molecule has 0 spiro atoms. The molecule has 0 bridgehead atoms. The first-order chi connectivity index (χ1) is 13.3. The predicted octanol–water partition coefficient (Wildman–Crippen LogP) is 4.30. The number of rotatable bonds is 6. The molecule has 0 N–H and O–H groups in total. The van der Waals surface area contributed by atoms with E-state index >= 15 is 0 Å². The van der Waals surface area contributed by atoms with Gasteiger partial charge in [0.15, 0.2) is 5.16 Å². The van der Waals surface area contributed by atoms with E-state index in [1.165, 1.54) is 24.8 Å². The summed E-state index contributed by atoms with van der Waals surface area (Å²) in [5, 5.41) is 10.1. The Hall–Kier alpha value is -2.34. The van der Waals surface area contributed by atoms with Gasteiger partial charge in [0.25, 0.3) is 0 Å². The van der Waals surface area contributed by atoms with Gasteiger partial charge in [-0.25, -0.2) is 0 Å². The molecule has 5 nitrogen and oxygen atoms in total. The number of hydrogen-bond donors (Lipinski definition) is 0. The molecule has 27 heavy (non-hydrogen) atoms. The van der Waals surface area contributed by atoms with Crippen molar-refractivity contribution in [2.45, 2.75) is 37.8 Å². The third-order valence-electron chi connectivity index (χ3n) is 4.86. The van der Waals surface area contributed by atoms with Gasteiger partial charge < -0.3 is 4.90 Å². The normalized spacial score (nSPS) is 14.5. The molecular formula is C21H25N5S. The van der Waals surface area contributed by atoms with Gasteiger partial charge in [-0.15, -0.1) is 10.2 Å². The molecule has 6 heteroatoms. The van der Waals surface area contributed by atoms with E-state index in [-0.39, 0.29) is 0 Å². The van der Waals surface area contributed by atoms with Crippen LogP contribution in [0.1, 0.15) is 30.5 Å². The molecule has 0 amide bonds. The summed E-state index contributed by atoms with van der Waals surface area (Å²) in [6, 6.07) is 14.7. The standard InChI is InChI=1S/C21H25N5S/c1-17-8-10-19(11-9-17)26-20(25-14-5-2-6-15-25)23-24-21(26)27-16-12-18-7-3-4-13-22-18/h3-4,7-11,13H,2,5-6,12,14-16H2,1H3. The highest BCUT2D eigenvalue weighted by Gasteiger charge is 2.21. The zero-order valence-electron chi connectivity index (χ0n) is 15.7. The molecule has 0 atom stereocenters. The number of anilines is 1. The van der Waals surface area contributed by atoms with E-state index in [9.17, 15) is 0 Å². The highest BCUT2D eigenvalue weighted by molar-refractivity contribution is 7.99. The quantitative estimate of drug-likeness (QED) is 0.598. The lowest BCUT2D eigenvalue weighted by Crippen LogP contribution is -2.31. The summed E-state index contributed by atoms with van der Waals surface area (Å²) in [7, 11) is 0. The van der Waals surface area contributed by atoms with Crippen LogP contribution in [0.3, 0.4) is 0 Å². The lowest BCUT2D eigenvalue weighted by atomic mass is 10.1. The second-order valence-electron chi connectivity index (χ2n) is 6.92. The van der Waals surface area contributed by atoms with Crippen LogP contribution in [-0.4, -0.2) is 38.6 Å². The minimum absolute atomic E-state index is 0.922. The van der Waals surface area contributed by atoms with Gasteiger partial charge in [0.05, 0.1) is 5.69 Å². The molecule has 0 aliphatic carbocycles. The van der Waals surface area contributed by atoms with Crippen molar-refractivity contribution in [2.75, 3.05) is 23.7 Å². The number of piperidine rings is 1. The Morgan fingerprint density at radius 2 is 1.78 bits per heavy atom. The summed E-state index contributed by atoms with van der Waals surface area (Å²) in [5.74, 6) is 1.90. The third kappa shape index (κ3) is 4.33. The summed E-state index contributed by atoms with van der Waals surface area (Å²) in [5.41, 5.74) is 3.50. The van der Waals surface area contributed by atoms with Crippen LogP contribution in [0.25, 0.3) is 5.69 Å². The van der Waals surface area contributed by atoms with Crippen LogP contribution >= 0.6 is 11.8 Å². The molecule has 4 rings (SSSR count). The maximum Gasteiger partial charge on any atom is 0.232 e. The van der Waals surface area contributed by atoms with Crippen molar-refractivity contribution in [3.8, 4) is 5.69 Å². The topological polar surface area (TPSA) is 46.8 Å². The second kappa shape index (κ2) is 8.57. The predicted molar refractivity (Wildman–Crippen MR) is 111 cm³/mol. The number of aryl methyl sites for hydroxylation is 2. The fourth-order valence-corrected chi connectivity index (χ4v) is 4.28. The number of benzene rings is 1. The summed E-state index contributed by atoms with van der Waals surface area (Å²) < 4.78 is 2.22.